The van der Waals surface area contributed by atoms with Crippen molar-refractivity contribution in [2.45, 2.75) is 19.5 Å². The molecule has 1 aliphatic rings. The zero-order valence-electron chi connectivity index (χ0n) is 21.5. The fraction of sp³-hybridized carbons (Fsp3) is 0.385. The average Bonchev–Trinajstić information content (AvgIpc) is 3.54. The van der Waals surface area contributed by atoms with Gasteiger partial charge in [-0.05, 0) is 18.2 Å². The van der Waals surface area contributed by atoms with Crippen molar-refractivity contribution in [2.24, 2.45) is 5.73 Å². The van der Waals surface area contributed by atoms with Crippen molar-refractivity contribution in [3.8, 4) is 11.5 Å². The zero-order chi connectivity index (χ0) is 25.1. The summed E-state index contributed by atoms with van der Waals surface area (Å²) in [7, 11) is 3.31. The smallest absolute Gasteiger partial charge is 0.162 e. The molecule has 0 amide bonds. The molecule has 2 aromatic carbocycles. The quantitative estimate of drug-likeness (QED) is 0.306. The van der Waals surface area contributed by atoms with Gasteiger partial charge in [0, 0.05) is 79.6 Å². The van der Waals surface area contributed by atoms with Gasteiger partial charge in [0.1, 0.15) is 0 Å². The largest absolute Gasteiger partial charge is 0.493 e. The SMILES string of the molecule is COc1cc2c(CCN3CCN(c4cccc(Cl)c4CN)CC3)nn(Cc3cnc[nH]3)c2cc1OC.Cl.Cl. The number of rotatable bonds is 9. The van der Waals surface area contributed by atoms with Gasteiger partial charge < -0.3 is 25.1 Å². The summed E-state index contributed by atoms with van der Waals surface area (Å²) in [6.07, 6.45) is 4.35. The number of anilines is 1. The first-order chi connectivity index (χ1) is 17.6. The summed E-state index contributed by atoms with van der Waals surface area (Å²) >= 11 is 6.38. The molecule has 0 unspecified atom stereocenters. The van der Waals surface area contributed by atoms with E-state index in [2.05, 4.69) is 25.8 Å². The zero-order valence-corrected chi connectivity index (χ0v) is 23.9. The minimum atomic E-state index is 0. The summed E-state index contributed by atoms with van der Waals surface area (Å²) in [6, 6.07) is 10.1. The molecule has 1 saturated heterocycles. The molecule has 0 saturated carbocycles. The summed E-state index contributed by atoms with van der Waals surface area (Å²) in [5.41, 5.74) is 11.2. The van der Waals surface area contributed by atoms with E-state index < -0.39 is 0 Å². The normalized spacial score (nSPS) is 13.7. The van der Waals surface area contributed by atoms with Crippen LogP contribution in [0.25, 0.3) is 10.9 Å². The van der Waals surface area contributed by atoms with Crippen LogP contribution in [0.3, 0.4) is 0 Å². The van der Waals surface area contributed by atoms with Gasteiger partial charge in [0.2, 0.25) is 0 Å². The maximum absolute atomic E-state index is 6.38. The van der Waals surface area contributed by atoms with Gasteiger partial charge in [-0.3, -0.25) is 9.58 Å². The number of nitrogens with zero attached hydrogens (tertiary/aromatic N) is 5. The number of halogens is 3. The Morgan fingerprint density at radius 2 is 1.79 bits per heavy atom. The first-order valence-corrected chi connectivity index (χ1v) is 12.5. The number of hydrogen-bond donors (Lipinski definition) is 2. The maximum Gasteiger partial charge on any atom is 0.162 e. The van der Waals surface area contributed by atoms with Crippen LogP contribution < -0.4 is 20.1 Å². The van der Waals surface area contributed by atoms with Crippen LogP contribution in [0, 0.1) is 0 Å². The molecule has 2 aromatic heterocycles. The highest BCUT2D eigenvalue weighted by Gasteiger charge is 2.21. The van der Waals surface area contributed by atoms with Gasteiger partial charge in [0.25, 0.3) is 0 Å². The molecule has 3 heterocycles. The Morgan fingerprint density at radius 3 is 2.45 bits per heavy atom. The molecule has 0 aliphatic carbocycles. The highest BCUT2D eigenvalue weighted by Crippen LogP contribution is 2.34. The fourth-order valence-electron chi connectivity index (χ4n) is 4.93. The van der Waals surface area contributed by atoms with E-state index in [0.29, 0.717) is 24.6 Å². The van der Waals surface area contributed by atoms with Crippen molar-refractivity contribution in [2.75, 3.05) is 51.8 Å². The van der Waals surface area contributed by atoms with E-state index in [4.69, 9.17) is 31.9 Å². The number of imidazole rings is 1. The highest BCUT2D eigenvalue weighted by molar-refractivity contribution is 6.31. The molecule has 3 N–H and O–H groups in total. The van der Waals surface area contributed by atoms with Gasteiger partial charge in [-0.1, -0.05) is 17.7 Å². The lowest BCUT2D eigenvalue weighted by molar-refractivity contribution is 0.260. The van der Waals surface area contributed by atoms with E-state index in [9.17, 15) is 0 Å². The molecule has 12 heteroatoms. The van der Waals surface area contributed by atoms with E-state index in [1.54, 1.807) is 20.5 Å². The first-order valence-electron chi connectivity index (χ1n) is 12.1. The van der Waals surface area contributed by atoms with Gasteiger partial charge >= 0.3 is 0 Å². The number of H-pyrrole nitrogens is 1. The number of nitrogens with one attached hydrogen (secondary N) is 1. The topological polar surface area (TPSA) is 97.5 Å². The fourth-order valence-corrected chi connectivity index (χ4v) is 5.17. The Labute approximate surface area is 240 Å². The van der Waals surface area contributed by atoms with Crippen molar-refractivity contribution in [1.29, 1.82) is 0 Å². The molecule has 9 nitrogen and oxygen atoms in total. The van der Waals surface area contributed by atoms with Crippen molar-refractivity contribution >= 4 is 53.0 Å². The van der Waals surface area contributed by atoms with Gasteiger partial charge in [-0.2, -0.15) is 5.10 Å². The van der Waals surface area contributed by atoms with Crippen LogP contribution in [0.15, 0.2) is 42.9 Å². The van der Waals surface area contributed by atoms with Crippen LogP contribution in [0.5, 0.6) is 11.5 Å². The molecule has 0 atom stereocenters. The summed E-state index contributed by atoms with van der Waals surface area (Å²) < 4.78 is 13.1. The molecule has 206 valence electrons. The van der Waals surface area contributed by atoms with E-state index in [1.165, 1.54) is 0 Å². The molecule has 1 aliphatic heterocycles. The Morgan fingerprint density at radius 1 is 1.05 bits per heavy atom. The number of hydrogen-bond acceptors (Lipinski definition) is 7. The third-order valence-electron chi connectivity index (χ3n) is 6.88. The second kappa shape index (κ2) is 13.4. The number of nitrogens with two attached hydrogens (primary N) is 1. The lowest BCUT2D eigenvalue weighted by Gasteiger charge is -2.37. The number of ether oxygens (including phenoxy) is 2. The first kappa shape index (κ1) is 29.9. The predicted octanol–water partition coefficient (Wildman–Crippen LogP) is 4.15. The van der Waals surface area contributed by atoms with Crippen LogP contribution in [-0.4, -0.2) is 71.6 Å². The summed E-state index contributed by atoms with van der Waals surface area (Å²) in [5.74, 6) is 1.40. The summed E-state index contributed by atoms with van der Waals surface area (Å²) in [6.45, 7) is 5.80. The van der Waals surface area contributed by atoms with Crippen molar-refractivity contribution in [3.63, 3.8) is 0 Å². The Kier molecular flexibility index (Phi) is 10.5. The van der Waals surface area contributed by atoms with E-state index in [0.717, 1.165) is 77.7 Å². The van der Waals surface area contributed by atoms with E-state index in [1.807, 2.05) is 35.1 Å². The van der Waals surface area contributed by atoms with Crippen LogP contribution in [-0.2, 0) is 19.5 Å². The molecule has 0 spiro atoms. The Hall–Kier alpha value is -2.69. The third kappa shape index (κ3) is 6.13. The molecule has 0 radical (unpaired) electrons. The number of methoxy groups -OCH3 is 2. The number of fused-ring (bicyclic) bond motifs is 1. The van der Waals surface area contributed by atoms with E-state index in [-0.39, 0.29) is 24.8 Å². The predicted molar refractivity (Wildman–Crippen MR) is 157 cm³/mol. The minimum absolute atomic E-state index is 0. The highest BCUT2D eigenvalue weighted by atomic mass is 35.5. The molecular weight excluding hydrogens is 549 g/mol. The van der Waals surface area contributed by atoms with Gasteiger partial charge in [0.05, 0.1) is 44.0 Å². The molecule has 0 bridgehead atoms. The minimum Gasteiger partial charge on any atom is -0.493 e. The Balaban J connectivity index is 0.00000200. The molecular formula is C26H34Cl3N7O2. The number of piperazine rings is 1. The lowest BCUT2D eigenvalue weighted by Crippen LogP contribution is -2.47. The molecule has 38 heavy (non-hydrogen) atoms. The maximum atomic E-state index is 6.38. The third-order valence-corrected chi connectivity index (χ3v) is 7.24. The number of benzene rings is 2. The second-order valence-corrected chi connectivity index (χ2v) is 9.33. The van der Waals surface area contributed by atoms with Crippen LogP contribution >= 0.6 is 36.4 Å². The molecule has 5 rings (SSSR count). The van der Waals surface area contributed by atoms with Crippen molar-refractivity contribution in [1.82, 2.24) is 24.6 Å². The van der Waals surface area contributed by atoms with Crippen LogP contribution in [0.1, 0.15) is 17.0 Å². The van der Waals surface area contributed by atoms with Crippen molar-refractivity contribution < 1.29 is 9.47 Å². The van der Waals surface area contributed by atoms with Crippen LogP contribution in [0.4, 0.5) is 5.69 Å². The van der Waals surface area contributed by atoms with Crippen molar-refractivity contribution in [3.05, 3.63) is 64.8 Å². The van der Waals surface area contributed by atoms with Gasteiger partial charge in [-0.15, -0.1) is 24.8 Å². The average molecular weight is 583 g/mol. The second-order valence-electron chi connectivity index (χ2n) is 8.93. The summed E-state index contributed by atoms with van der Waals surface area (Å²) in [4.78, 5) is 12.2. The van der Waals surface area contributed by atoms with Gasteiger partial charge in [-0.25, -0.2) is 4.98 Å². The molecule has 1 fully saturated rings. The van der Waals surface area contributed by atoms with Crippen LogP contribution in [0.2, 0.25) is 5.02 Å². The number of aromatic nitrogens is 4. The standard InChI is InChI=1S/C26H32ClN7O2.2ClH/c1-35-25-12-19-22(31-34(16-18-15-29-17-30-18)24(19)13-26(25)36-2)6-7-32-8-10-33(11-9-32)23-5-3-4-21(27)20(23)14-28;;/h3-5,12-13,15,17H,6-11,14,16,28H2,1-2H3,(H,29,30);2*1H. The monoisotopic (exact) mass is 581 g/mol. The van der Waals surface area contributed by atoms with E-state index >= 15 is 0 Å². The van der Waals surface area contributed by atoms with Gasteiger partial charge in [0.15, 0.2) is 11.5 Å². The lowest BCUT2D eigenvalue weighted by atomic mass is 10.1. The number of aromatic amines is 1. The Bertz CT molecular complexity index is 1320. The molecule has 4 aromatic rings. The summed E-state index contributed by atoms with van der Waals surface area (Å²) in [5, 5.41) is 6.81.